The van der Waals surface area contributed by atoms with E-state index < -0.39 is 0 Å². The molecule has 1 aliphatic heterocycles. The quantitative estimate of drug-likeness (QED) is 0.819. The zero-order valence-electron chi connectivity index (χ0n) is 15.5. The van der Waals surface area contributed by atoms with Gasteiger partial charge in [0.1, 0.15) is 5.75 Å². The maximum Gasteiger partial charge on any atom is 0.225 e. The Morgan fingerprint density at radius 3 is 2.26 bits per heavy atom. The van der Waals surface area contributed by atoms with E-state index in [4.69, 9.17) is 4.74 Å². The molecule has 0 atom stereocenters. The van der Waals surface area contributed by atoms with E-state index in [-0.39, 0.29) is 17.7 Å². The summed E-state index contributed by atoms with van der Waals surface area (Å²) < 4.78 is 5.59. The fraction of sp³-hybridized carbons (Fsp3) is 0.364. The normalized spacial score (nSPS) is 14.6. The summed E-state index contributed by atoms with van der Waals surface area (Å²) in [5.41, 5.74) is 1.09. The molecule has 2 aromatic rings. The number of rotatable bonds is 7. The average molecular weight is 366 g/mol. The zero-order chi connectivity index (χ0) is 18.9. The standard InChI is InChI=1S/C22H26N2O3/c25-21(13-16-27-20-9-5-2-6-10-20)24-14-11-19(12-15-24)22(26)23-17-18-7-3-1-4-8-18/h1-10,19H,11-17H2,(H,23,26). The van der Waals surface area contributed by atoms with E-state index >= 15 is 0 Å². The number of hydrogen-bond acceptors (Lipinski definition) is 3. The molecule has 0 unspecified atom stereocenters. The van der Waals surface area contributed by atoms with Crippen LogP contribution in [0.4, 0.5) is 0 Å². The molecule has 0 aliphatic carbocycles. The van der Waals surface area contributed by atoms with Gasteiger partial charge in [-0.1, -0.05) is 48.5 Å². The van der Waals surface area contributed by atoms with Gasteiger partial charge >= 0.3 is 0 Å². The van der Waals surface area contributed by atoms with Crippen LogP contribution >= 0.6 is 0 Å². The van der Waals surface area contributed by atoms with Crippen LogP contribution in [0.15, 0.2) is 60.7 Å². The molecule has 0 spiro atoms. The summed E-state index contributed by atoms with van der Waals surface area (Å²) in [5, 5.41) is 3.00. The van der Waals surface area contributed by atoms with Crippen LogP contribution in [0.3, 0.4) is 0 Å². The second kappa shape index (κ2) is 9.76. The largest absolute Gasteiger partial charge is 0.493 e. The smallest absolute Gasteiger partial charge is 0.225 e. The molecule has 0 aromatic heterocycles. The summed E-state index contributed by atoms with van der Waals surface area (Å²) in [5.74, 6) is 0.935. The van der Waals surface area contributed by atoms with E-state index in [0.29, 0.717) is 45.5 Å². The molecule has 2 aromatic carbocycles. The van der Waals surface area contributed by atoms with Crippen molar-refractivity contribution in [3.63, 3.8) is 0 Å². The lowest BCUT2D eigenvalue weighted by Crippen LogP contribution is -2.43. The van der Waals surface area contributed by atoms with Crippen molar-refractivity contribution in [3.8, 4) is 5.75 Å². The SMILES string of the molecule is O=C(NCc1ccccc1)C1CCN(C(=O)CCOc2ccccc2)CC1. The lowest BCUT2D eigenvalue weighted by Gasteiger charge is -2.31. The van der Waals surface area contributed by atoms with Gasteiger partial charge in [-0.3, -0.25) is 9.59 Å². The van der Waals surface area contributed by atoms with Crippen molar-refractivity contribution in [2.24, 2.45) is 5.92 Å². The Bertz CT molecular complexity index is 726. The molecule has 5 heteroatoms. The Labute approximate surface area is 160 Å². The van der Waals surface area contributed by atoms with Gasteiger partial charge in [0, 0.05) is 25.6 Å². The van der Waals surface area contributed by atoms with Gasteiger partial charge in [-0.05, 0) is 30.5 Å². The number of carbonyl (C=O) groups excluding carboxylic acids is 2. The lowest BCUT2D eigenvalue weighted by molar-refractivity contribution is -0.136. The number of likely N-dealkylation sites (tertiary alicyclic amines) is 1. The summed E-state index contributed by atoms with van der Waals surface area (Å²) in [4.78, 5) is 26.5. The van der Waals surface area contributed by atoms with Crippen LogP contribution in [0.5, 0.6) is 5.75 Å². The summed E-state index contributed by atoms with van der Waals surface area (Å²) in [6, 6.07) is 19.4. The molecule has 0 bridgehead atoms. The van der Waals surface area contributed by atoms with Crippen molar-refractivity contribution >= 4 is 11.8 Å². The third-order valence-electron chi connectivity index (χ3n) is 4.86. The molecule has 3 rings (SSSR count). The van der Waals surface area contributed by atoms with Crippen molar-refractivity contribution in [3.05, 3.63) is 66.2 Å². The molecular formula is C22H26N2O3. The number of amides is 2. The number of piperidine rings is 1. The summed E-state index contributed by atoms with van der Waals surface area (Å²) >= 11 is 0. The number of carbonyl (C=O) groups is 2. The van der Waals surface area contributed by atoms with E-state index in [1.165, 1.54) is 0 Å². The maximum absolute atomic E-state index is 12.3. The third kappa shape index (κ3) is 5.84. The molecule has 1 N–H and O–H groups in total. The minimum Gasteiger partial charge on any atom is -0.493 e. The lowest BCUT2D eigenvalue weighted by atomic mass is 9.95. The van der Waals surface area contributed by atoms with Gasteiger partial charge in [0.25, 0.3) is 0 Å². The van der Waals surface area contributed by atoms with E-state index in [9.17, 15) is 9.59 Å². The molecule has 27 heavy (non-hydrogen) atoms. The second-order valence-corrected chi connectivity index (χ2v) is 6.77. The van der Waals surface area contributed by atoms with Crippen molar-refractivity contribution in [1.82, 2.24) is 10.2 Å². The Hall–Kier alpha value is -2.82. The first-order valence-corrected chi connectivity index (χ1v) is 9.49. The average Bonchev–Trinajstić information content (AvgIpc) is 2.73. The maximum atomic E-state index is 12.3. The Balaban J connectivity index is 1.35. The van der Waals surface area contributed by atoms with Gasteiger partial charge in [0.15, 0.2) is 0 Å². The first-order chi connectivity index (χ1) is 13.2. The number of para-hydroxylation sites is 1. The fourth-order valence-electron chi connectivity index (χ4n) is 3.25. The number of hydrogen-bond donors (Lipinski definition) is 1. The monoisotopic (exact) mass is 366 g/mol. The number of nitrogens with zero attached hydrogens (tertiary/aromatic N) is 1. The number of benzene rings is 2. The molecule has 2 amide bonds. The summed E-state index contributed by atoms with van der Waals surface area (Å²) in [7, 11) is 0. The van der Waals surface area contributed by atoms with Crippen LogP contribution in [0.25, 0.3) is 0 Å². The van der Waals surface area contributed by atoms with Crippen LogP contribution in [0, 0.1) is 5.92 Å². The highest BCUT2D eigenvalue weighted by molar-refractivity contribution is 5.80. The number of nitrogens with one attached hydrogen (secondary N) is 1. The summed E-state index contributed by atoms with van der Waals surface area (Å²) in [6.07, 6.45) is 1.79. The highest BCUT2D eigenvalue weighted by Crippen LogP contribution is 2.18. The molecule has 0 radical (unpaired) electrons. The van der Waals surface area contributed by atoms with Crippen molar-refractivity contribution < 1.29 is 14.3 Å². The van der Waals surface area contributed by atoms with Crippen molar-refractivity contribution in [2.45, 2.75) is 25.8 Å². The van der Waals surface area contributed by atoms with Gasteiger partial charge in [-0.25, -0.2) is 0 Å². The Morgan fingerprint density at radius 2 is 1.59 bits per heavy atom. The Morgan fingerprint density at radius 1 is 0.963 bits per heavy atom. The molecule has 0 saturated carbocycles. The van der Waals surface area contributed by atoms with Crippen LogP contribution in [-0.4, -0.2) is 36.4 Å². The molecular weight excluding hydrogens is 340 g/mol. The van der Waals surface area contributed by atoms with Gasteiger partial charge < -0.3 is 15.0 Å². The van der Waals surface area contributed by atoms with E-state index in [0.717, 1.165) is 11.3 Å². The first kappa shape index (κ1) is 19.0. The number of ether oxygens (including phenoxy) is 1. The molecule has 142 valence electrons. The first-order valence-electron chi connectivity index (χ1n) is 9.49. The highest BCUT2D eigenvalue weighted by Gasteiger charge is 2.27. The Kier molecular flexibility index (Phi) is 6.85. The van der Waals surface area contributed by atoms with Crippen LogP contribution in [-0.2, 0) is 16.1 Å². The molecule has 1 fully saturated rings. The second-order valence-electron chi connectivity index (χ2n) is 6.77. The van der Waals surface area contributed by atoms with Crippen LogP contribution in [0.1, 0.15) is 24.8 Å². The van der Waals surface area contributed by atoms with E-state index in [1.807, 2.05) is 65.6 Å². The minimum atomic E-state index is -0.0154. The molecule has 1 heterocycles. The van der Waals surface area contributed by atoms with Gasteiger partial charge in [0.05, 0.1) is 13.0 Å². The van der Waals surface area contributed by atoms with Crippen molar-refractivity contribution in [2.75, 3.05) is 19.7 Å². The molecule has 1 saturated heterocycles. The fourth-order valence-corrected chi connectivity index (χ4v) is 3.25. The minimum absolute atomic E-state index is 0.0154. The van der Waals surface area contributed by atoms with E-state index in [2.05, 4.69) is 5.32 Å². The van der Waals surface area contributed by atoms with Crippen molar-refractivity contribution in [1.29, 1.82) is 0 Å². The third-order valence-corrected chi connectivity index (χ3v) is 4.86. The highest BCUT2D eigenvalue weighted by atomic mass is 16.5. The molecule has 1 aliphatic rings. The van der Waals surface area contributed by atoms with Crippen LogP contribution in [0.2, 0.25) is 0 Å². The van der Waals surface area contributed by atoms with Gasteiger partial charge in [0.2, 0.25) is 11.8 Å². The predicted molar refractivity (Wildman–Crippen MR) is 104 cm³/mol. The van der Waals surface area contributed by atoms with E-state index in [1.54, 1.807) is 0 Å². The molecule has 5 nitrogen and oxygen atoms in total. The predicted octanol–water partition coefficient (Wildman–Crippen LogP) is 3.01. The van der Waals surface area contributed by atoms with Gasteiger partial charge in [-0.2, -0.15) is 0 Å². The van der Waals surface area contributed by atoms with Gasteiger partial charge in [-0.15, -0.1) is 0 Å². The summed E-state index contributed by atoms with van der Waals surface area (Å²) in [6.45, 7) is 2.19. The zero-order valence-corrected chi connectivity index (χ0v) is 15.5. The topological polar surface area (TPSA) is 58.6 Å². The van der Waals surface area contributed by atoms with Crippen LogP contribution < -0.4 is 10.1 Å².